The molecule has 0 aliphatic carbocycles. The molecule has 3 rings (SSSR count). The van der Waals surface area contributed by atoms with Crippen molar-refractivity contribution in [3.05, 3.63) is 48.5 Å². The van der Waals surface area contributed by atoms with Gasteiger partial charge in [0.05, 0.1) is 12.0 Å². The van der Waals surface area contributed by atoms with Gasteiger partial charge in [-0.15, -0.1) is 0 Å². The van der Waals surface area contributed by atoms with Gasteiger partial charge in [-0.05, 0) is 56.2 Å². The van der Waals surface area contributed by atoms with Crippen molar-refractivity contribution in [1.29, 1.82) is 0 Å². The van der Waals surface area contributed by atoms with Crippen LogP contribution in [0.3, 0.4) is 0 Å². The summed E-state index contributed by atoms with van der Waals surface area (Å²) in [5.74, 6) is 0.832. The minimum absolute atomic E-state index is 0.239. The van der Waals surface area contributed by atoms with Crippen LogP contribution >= 0.6 is 0 Å². The van der Waals surface area contributed by atoms with E-state index >= 15 is 0 Å². The number of carbonyl (C=O) groups excluding carboxylic acids is 1. The maximum absolute atomic E-state index is 12.8. The highest BCUT2D eigenvalue weighted by Crippen LogP contribution is 2.23. The zero-order chi connectivity index (χ0) is 21.6. The summed E-state index contributed by atoms with van der Waals surface area (Å²) in [5, 5.41) is 2.76. The van der Waals surface area contributed by atoms with Crippen LogP contribution in [-0.2, 0) is 14.8 Å². The van der Waals surface area contributed by atoms with Crippen LogP contribution in [0.4, 0.5) is 5.69 Å². The minimum atomic E-state index is -3.51. The van der Waals surface area contributed by atoms with Crippen molar-refractivity contribution in [2.45, 2.75) is 43.6 Å². The summed E-state index contributed by atoms with van der Waals surface area (Å²) in [7, 11) is -1.95. The van der Waals surface area contributed by atoms with Crippen LogP contribution in [0, 0.1) is 0 Å². The van der Waals surface area contributed by atoms with Crippen molar-refractivity contribution in [3.63, 3.8) is 0 Å². The number of benzene rings is 2. The summed E-state index contributed by atoms with van der Waals surface area (Å²) in [5.41, 5.74) is 0.510. The Labute approximate surface area is 178 Å². The summed E-state index contributed by atoms with van der Waals surface area (Å²) in [6.07, 6.45) is 3.16. The van der Waals surface area contributed by atoms with E-state index in [9.17, 15) is 13.2 Å². The SMILES string of the molecule is COc1cccc(O[C@H](C)C(=O)Nc2ccc(S(=O)(=O)N3CCCCCC3)cc2)c1. The molecule has 7 nitrogen and oxygen atoms in total. The first-order chi connectivity index (χ1) is 14.4. The molecule has 1 amide bonds. The average Bonchev–Trinajstić information content (AvgIpc) is 3.04. The smallest absolute Gasteiger partial charge is 0.265 e. The van der Waals surface area contributed by atoms with Crippen LogP contribution in [-0.4, -0.2) is 44.9 Å². The predicted molar refractivity (Wildman–Crippen MR) is 115 cm³/mol. The van der Waals surface area contributed by atoms with Gasteiger partial charge in [-0.1, -0.05) is 18.9 Å². The standard InChI is InChI=1S/C22H28N2O5S/c1-17(29-20-9-7-8-19(16-20)28-2)22(25)23-18-10-12-21(13-11-18)30(26,27)24-14-5-3-4-6-15-24/h7-13,16-17H,3-6,14-15H2,1-2H3,(H,23,25)/t17-/m1/s1. The maximum atomic E-state index is 12.8. The Morgan fingerprint density at radius 2 is 1.63 bits per heavy atom. The van der Waals surface area contributed by atoms with Gasteiger partial charge in [-0.2, -0.15) is 4.31 Å². The van der Waals surface area contributed by atoms with Crippen molar-refractivity contribution in [3.8, 4) is 11.5 Å². The molecule has 1 N–H and O–H groups in total. The summed E-state index contributed by atoms with van der Waals surface area (Å²) in [6.45, 7) is 2.76. The second kappa shape index (κ2) is 9.95. The number of ether oxygens (including phenoxy) is 2. The van der Waals surface area contributed by atoms with E-state index in [2.05, 4.69) is 5.32 Å². The van der Waals surface area contributed by atoms with Crippen LogP contribution in [0.5, 0.6) is 11.5 Å². The largest absolute Gasteiger partial charge is 0.497 e. The Morgan fingerprint density at radius 3 is 2.27 bits per heavy atom. The Morgan fingerprint density at radius 1 is 1.00 bits per heavy atom. The monoisotopic (exact) mass is 432 g/mol. The molecule has 0 aromatic heterocycles. The highest BCUT2D eigenvalue weighted by molar-refractivity contribution is 7.89. The molecule has 2 aromatic rings. The van der Waals surface area contributed by atoms with E-state index in [4.69, 9.17) is 9.47 Å². The normalized spacial score (nSPS) is 16.3. The van der Waals surface area contributed by atoms with Crippen LogP contribution in [0.15, 0.2) is 53.4 Å². The first kappa shape index (κ1) is 22.1. The molecule has 1 saturated heterocycles. The van der Waals surface area contributed by atoms with Crippen LogP contribution < -0.4 is 14.8 Å². The molecule has 1 atom stereocenters. The van der Waals surface area contributed by atoms with Gasteiger partial charge in [0.15, 0.2) is 6.10 Å². The van der Waals surface area contributed by atoms with Gasteiger partial charge < -0.3 is 14.8 Å². The summed E-state index contributed by atoms with van der Waals surface area (Å²) in [4.78, 5) is 12.7. The van der Waals surface area contributed by atoms with Gasteiger partial charge >= 0.3 is 0 Å². The van der Waals surface area contributed by atoms with Crippen molar-refractivity contribution in [1.82, 2.24) is 4.31 Å². The number of nitrogens with zero attached hydrogens (tertiary/aromatic N) is 1. The number of methoxy groups -OCH3 is 1. The van der Waals surface area contributed by atoms with E-state index in [1.807, 2.05) is 0 Å². The fourth-order valence-corrected chi connectivity index (χ4v) is 4.83. The molecular formula is C22H28N2O5S. The molecule has 2 aromatic carbocycles. The Hall–Kier alpha value is -2.58. The molecule has 1 heterocycles. The number of nitrogens with one attached hydrogen (secondary N) is 1. The molecule has 1 aliphatic rings. The molecule has 1 fully saturated rings. The second-order valence-electron chi connectivity index (χ2n) is 7.27. The van der Waals surface area contributed by atoms with E-state index < -0.39 is 16.1 Å². The van der Waals surface area contributed by atoms with Gasteiger partial charge in [0.25, 0.3) is 5.91 Å². The zero-order valence-corrected chi connectivity index (χ0v) is 18.2. The number of hydrogen-bond donors (Lipinski definition) is 1. The molecule has 8 heteroatoms. The fourth-order valence-electron chi connectivity index (χ4n) is 3.32. The van der Waals surface area contributed by atoms with E-state index in [1.165, 1.54) is 12.1 Å². The molecule has 0 radical (unpaired) electrons. The van der Waals surface area contributed by atoms with Crippen molar-refractivity contribution in [2.24, 2.45) is 0 Å². The van der Waals surface area contributed by atoms with Crippen LogP contribution in [0.1, 0.15) is 32.6 Å². The second-order valence-corrected chi connectivity index (χ2v) is 9.21. The lowest BCUT2D eigenvalue weighted by molar-refractivity contribution is -0.122. The number of anilines is 1. The maximum Gasteiger partial charge on any atom is 0.265 e. The van der Waals surface area contributed by atoms with E-state index in [0.29, 0.717) is 30.3 Å². The van der Waals surface area contributed by atoms with Crippen LogP contribution in [0.25, 0.3) is 0 Å². The first-order valence-electron chi connectivity index (χ1n) is 10.1. The lowest BCUT2D eigenvalue weighted by atomic mass is 10.2. The summed E-state index contributed by atoms with van der Waals surface area (Å²) < 4.78 is 38.1. The molecule has 30 heavy (non-hydrogen) atoms. The highest BCUT2D eigenvalue weighted by Gasteiger charge is 2.25. The molecular weight excluding hydrogens is 404 g/mol. The van der Waals surface area contributed by atoms with Crippen molar-refractivity contribution >= 4 is 21.6 Å². The Balaban J connectivity index is 1.62. The summed E-state index contributed by atoms with van der Waals surface area (Å²) >= 11 is 0. The van der Waals surface area contributed by atoms with E-state index in [1.54, 1.807) is 54.7 Å². The highest BCUT2D eigenvalue weighted by atomic mass is 32.2. The third-order valence-electron chi connectivity index (χ3n) is 5.05. The van der Waals surface area contributed by atoms with E-state index in [-0.39, 0.29) is 10.8 Å². The van der Waals surface area contributed by atoms with Crippen LogP contribution in [0.2, 0.25) is 0 Å². The van der Waals surface area contributed by atoms with Crippen molar-refractivity contribution in [2.75, 3.05) is 25.5 Å². The molecule has 0 unspecified atom stereocenters. The molecule has 162 valence electrons. The van der Waals surface area contributed by atoms with Gasteiger partial charge in [-0.25, -0.2) is 8.42 Å². The van der Waals surface area contributed by atoms with Gasteiger partial charge in [0.1, 0.15) is 11.5 Å². The zero-order valence-electron chi connectivity index (χ0n) is 17.3. The fraction of sp³-hybridized carbons (Fsp3) is 0.409. The molecule has 1 aliphatic heterocycles. The van der Waals surface area contributed by atoms with Gasteiger partial charge in [-0.3, -0.25) is 4.79 Å². The number of carbonyl (C=O) groups is 1. The number of amides is 1. The number of hydrogen-bond acceptors (Lipinski definition) is 5. The van der Waals surface area contributed by atoms with Gasteiger partial charge in [0, 0.05) is 24.8 Å². The number of rotatable bonds is 7. The Bertz CT molecular complexity index is 952. The van der Waals surface area contributed by atoms with E-state index in [0.717, 1.165) is 25.7 Å². The lowest BCUT2D eigenvalue weighted by Gasteiger charge is -2.20. The molecule has 0 saturated carbocycles. The third kappa shape index (κ3) is 5.52. The molecule has 0 spiro atoms. The summed E-state index contributed by atoms with van der Waals surface area (Å²) in [6, 6.07) is 13.3. The third-order valence-corrected chi connectivity index (χ3v) is 6.96. The van der Waals surface area contributed by atoms with Crippen molar-refractivity contribution < 1.29 is 22.7 Å². The van der Waals surface area contributed by atoms with Gasteiger partial charge in [0.2, 0.25) is 10.0 Å². The first-order valence-corrected chi connectivity index (χ1v) is 11.6. The minimum Gasteiger partial charge on any atom is -0.497 e. The predicted octanol–water partition coefficient (Wildman–Crippen LogP) is 3.67. The quantitative estimate of drug-likeness (QED) is 0.722. The number of sulfonamides is 1. The Kier molecular flexibility index (Phi) is 7.33. The lowest BCUT2D eigenvalue weighted by Crippen LogP contribution is -2.32. The average molecular weight is 433 g/mol. The molecule has 0 bridgehead atoms. The topological polar surface area (TPSA) is 84.9 Å².